The average molecular weight is 415 g/mol. The summed E-state index contributed by atoms with van der Waals surface area (Å²) in [5.41, 5.74) is 1.31. The van der Waals surface area contributed by atoms with Crippen LogP contribution in [0.2, 0.25) is 0 Å². The van der Waals surface area contributed by atoms with Crippen molar-refractivity contribution in [2.75, 3.05) is 33.3 Å². The molecule has 2 atom stereocenters. The Morgan fingerprint density at radius 3 is 2.63 bits per heavy atom. The molecule has 1 aromatic carbocycles. The van der Waals surface area contributed by atoms with E-state index in [-0.39, 0.29) is 12.0 Å². The summed E-state index contributed by atoms with van der Waals surface area (Å²) in [5, 5.41) is 6.91. The lowest BCUT2D eigenvalue weighted by Crippen LogP contribution is -2.45. The Kier molecular flexibility index (Phi) is 8.40. The Bertz CT molecular complexity index is 698. The zero-order valence-corrected chi connectivity index (χ0v) is 18.8. The van der Waals surface area contributed by atoms with E-state index in [1.165, 1.54) is 18.4 Å². The third-order valence-corrected chi connectivity index (χ3v) is 6.41. The fourth-order valence-electron chi connectivity index (χ4n) is 4.49. The van der Waals surface area contributed by atoms with Gasteiger partial charge in [-0.05, 0) is 56.2 Å². The summed E-state index contributed by atoms with van der Waals surface area (Å²) in [6, 6.07) is 8.57. The number of likely N-dealkylation sites (tertiary alicyclic amines) is 1. The van der Waals surface area contributed by atoms with Crippen LogP contribution in [0, 0.1) is 5.92 Å². The third-order valence-electron chi connectivity index (χ3n) is 6.41. The van der Waals surface area contributed by atoms with Crippen LogP contribution >= 0.6 is 0 Å². The van der Waals surface area contributed by atoms with Gasteiger partial charge in [0.2, 0.25) is 5.91 Å². The topological polar surface area (TPSA) is 66.0 Å². The highest BCUT2D eigenvalue weighted by atomic mass is 16.5. The van der Waals surface area contributed by atoms with Crippen LogP contribution in [0.3, 0.4) is 0 Å². The molecule has 6 nitrogen and oxygen atoms in total. The summed E-state index contributed by atoms with van der Waals surface area (Å²) in [6.45, 7) is 7.57. The van der Waals surface area contributed by atoms with E-state index < -0.39 is 0 Å². The Labute approximate surface area is 181 Å². The molecule has 1 saturated carbocycles. The number of methoxy groups -OCH3 is 1. The zero-order chi connectivity index (χ0) is 21.3. The van der Waals surface area contributed by atoms with Crippen molar-refractivity contribution < 1.29 is 9.53 Å². The predicted molar refractivity (Wildman–Crippen MR) is 122 cm³/mol. The second-order valence-corrected chi connectivity index (χ2v) is 8.62. The molecule has 30 heavy (non-hydrogen) atoms. The monoisotopic (exact) mass is 414 g/mol. The van der Waals surface area contributed by atoms with Crippen LogP contribution in [0.25, 0.3) is 0 Å². The predicted octanol–water partition coefficient (Wildman–Crippen LogP) is 3.54. The first kappa shape index (κ1) is 22.4. The molecule has 0 radical (unpaired) electrons. The van der Waals surface area contributed by atoms with Gasteiger partial charge in [-0.3, -0.25) is 9.79 Å². The highest BCUT2D eigenvalue weighted by Crippen LogP contribution is 2.28. The minimum atomic E-state index is 0.269. The van der Waals surface area contributed by atoms with E-state index in [4.69, 9.17) is 9.73 Å². The SMILES string of the molecule is CCNC(=NCCC(C)c1ccc(OC)cc1)NC1CCN(C(=O)C2CCCC2)C1. The molecule has 0 spiro atoms. The first-order valence-electron chi connectivity index (χ1n) is 11.6. The molecule has 1 aliphatic heterocycles. The van der Waals surface area contributed by atoms with Crippen molar-refractivity contribution in [2.24, 2.45) is 10.9 Å². The molecule has 2 N–H and O–H groups in total. The van der Waals surface area contributed by atoms with E-state index in [9.17, 15) is 4.79 Å². The highest BCUT2D eigenvalue weighted by molar-refractivity contribution is 5.81. The molecule has 0 aromatic heterocycles. The number of hydrogen-bond acceptors (Lipinski definition) is 3. The summed E-state index contributed by atoms with van der Waals surface area (Å²) in [4.78, 5) is 19.5. The number of hydrogen-bond donors (Lipinski definition) is 2. The van der Waals surface area contributed by atoms with E-state index in [1.54, 1.807) is 7.11 Å². The van der Waals surface area contributed by atoms with E-state index in [2.05, 4.69) is 41.5 Å². The highest BCUT2D eigenvalue weighted by Gasteiger charge is 2.32. The molecule has 1 aromatic rings. The summed E-state index contributed by atoms with van der Waals surface area (Å²) in [7, 11) is 1.69. The average Bonchev–Trinajstić information content (AvgIpc) is 3.46. The summed E-state index contributed by atoms with van der Waals surface area (Å²) in [5.74, 6) is 2.82. The van der Waals surface area contributed by atoms with Crippen molar-refractivity contribution in [3.05, 3.63) is 29.8 Å². The third kappa shape index (κ3) is 6.13. The molecular formula is C24H38N4O2. The van der Waals surface area contributed by atoms with Crippen molar-refractivity contribution in [2.45, 2.75) is 64.3 Å². The van der Waals surface area contributed by atoms with Crippen LogP contribution in [0.15, 0.2) is 29.3 Å². The minimum Gasteiger partial charge on any atom is -0.497 e. The number of carbonyl (C=O) groups excluding carboxylic acids is 1. The van der Waals surface area contributed by atoms with Gasteiger partial charge in [-0.25, -0.2) is 0 Å². The Morgan fingerprint density at radius 1 is 1.23 bits per heavy atom. The lowest BCUT2D eigenvalue weighted by Gasteiger charge is -2.21. The van der Waals surface area contributed by atoms with Crippen molar-refractivity contribution in [1.29, 1.82) is 0 Å². The number of benzene rings is 1. The van der Waals surface area contributed by atoms with Gasteiger partial charge in [-0.15, -0.1) is 0 Å². The van der Waals surface area contributed by atoms with E-state index in [1.807, 2.05) is 12.1 Å². The molecule has 1 aliphatic carbocycles. The molecule has 1 saturated heterocycles. The smallest absolute Gasteiger partial charge is 0.225 e. The largest absolute Gasteiger partial charge is 0.497 e. The van der Waals surface area contributed by atoms with Gasteiger partial charge in [0.25, 0.3) is 0 Å². The summed E-state index contributed by atoms with van der Waals surface area (Å²) >= 11 is 0. The van der Waals surface area contributed by atoms with Crippen molar-refractivity contribution in [3.8, 4) is 5.75 Å². The van der Waals surface area contributed by atoms with Gasteiger partial charge in [-0.1, -0.05) is 31.9 Å². The maximum Gasteiger partial charge on any atom is 0.225 e. The minimum absolute atomic E-state index is 0.269. The fraction of sp³-hybridized carbons (Fsp3) is 0.667. The number of amides is 1. The normalized spacial score (nSPS) is 21.0. The molecule has 166 valence electrons. The van der Waals surface area contributed by atoms with Gasteiger partial charge >= 0.3 is 0 Å². The fourth-order valence-corrected chi connectivity index (χ4v) is 4.49. The van der Waals surface area contributed by atoms with Crippen molar-refractivity contribution >= 4 is 11.9 Å². The van der Waals surface area contributed by atoms with Crippen LogP contribution < -0.4 is 15.4 Å². The molecule has 0 bridgehead atoms. The maximum absolute atomic E-state index is 12.7. The molecular weight excluding hydrogens is 376 g/mol. The van der Waals surface area contributed by atoms with E-state index in [0.29, 0.717) is 11.8 Å². The molecule has 2 fully saturated rings. The number of aliphatic imine (C=N–C) groups is 1. The first-order chi connectivity index (χ1) is 14.6. The van der Waals surface area contributed by atoms with E-state index in [0.717, 1.165) is 63.6 Å². The van der Waals surface area contributed by atoms with Gasteiger partial charge in [0.1, 0.15) is 5.75 Å². The van der Waals surface area contributed by atoms with Gasteiger partial charge in [0.05, 0.1) is 7.11 Å². The standard InChI is InChI=1S/C24H38N4O2/c1-4-25-24(26-15-13-18(2)19-9-11-22(30-3)12-10-19)27-21-14-16-28(17-21)23(29)20-7-5-6-8-20/h9-12,18,20-21H,4-8,13-17H2,1-3H3,(H2,25,26,27). The quantitative estimate of drug-likeness (QED) is 0.504. The van der Waals surface area contributed by atoms with Crippen LogP contribution in [0.1, 0.15) is 63.9 Å². The Morgan fingerprint density at radius 2 is 1.97 bits per heavy atom. The molecule has 2 aliphatic rings. The molecule has 6 heteroatoms. The van der Waals surface area contributed by atoms with Gasteiger partial charge in [-0.2, -0.15) is 0 Å². The number of ether oxygens (including phenoxy) is 1. The van der Waals surface area contributed by atoms with Crippen LogP contribution in [-0.2, 0) is 4.79 Å². The second-order valence-electron chi connectivity index (χ2n) is 8.62. The number of rotatable bonds is 8. The molecule has 1 heterocycles. The molecule has 2 unspecified atom stereocenters. The van der Waals surface area contributed by atoms with Gasteiger partial charge < -0.3 is 20.3 Å². The van der Waals surface area contributed by atoms with E-state index >= 15 is 0 Å². The molecule has 1 amide bonds. The maximum atomic E-state index is 12.7. The first-order valence-corrected chi connectivity index (χ1v) is 11.6. The number of nitrogens with zero attached hydrogens (tertiary/aromatic N) is 2. The van der Waals surface area contributed by atoms with Crippen LogP contribution in [-0.4, -0.2) is 56.1 Å². The molecule has 3 rings (SSSR count). The number of carbonyl (C=O) groups is 1. The second kappa shape index (κ2) is 11.2. The van der Waals surface area contributed by atoms with Crippen LogP contribution in [0.5, 0.6) is 5.75 Å². The van der Waals surface area contributed by atoms with Gasteiger partial charge in [0, 0.05) is 38.1 Å². The summed E-state index contributed by atoms with van der Waals surface area (Å²) < 4.78 is 5.24. The van der Waals surface area contributed by atoms with Gasteiger partial charge in [0.15, 0.2) is 5.96 Å². The van der Waals surface area contributed by atoms with Crippen molar-refractivity contribution in [3.63, 3.8) is 0 Å². The van der Waals surface area contributed by atoms with Crippen molar-refractivity contribution in [1.82, 2.24) is 15.5 Å². The Balaban J connectivity index is 1.47. The lowest BCUT2D eigenvalue weighted by atomic mass is 9.98. The zero-order valence-electron chi connectivity index (χ0n) is 18.8. The number of guanidine groups is 1. The number of nitrogens with one attached hydrogen (secondary N) is 2. The summed E-state index contributed by atoms with van der Waals surface area (Å²) in [6.07, 6.45) is 6.54. The van der Waals surface area contributed by atoms with Crippen LogP contribution in [0.4, 0.5) is 0 Å². The Hall–Kier alpha value is -2.24. The lowest BCUT2D eigenvalue weighted by molar-refractivity contribution is -0.134.